The fourth-order valence-corrected chi connectivity index (χ4v) is 2.88. The van der Waals surface area contributed by atoms with Crippen molar-refractivity contribution in [3.8, 4) is 5.75 Å². The lowest BCUT2D eigenvalue weighted by Crippen LogP contribution is -2.22. The van der Waals surface area contributed by atoms with Crippen LogP contribution in [0.1, 0.15) is 52.4 Å². The molecule has 6 heteroatoms. The molecule has 0 aliphatic heterocycles. The van der Waals surface area contributed by atoms with E-state index in [-0.39, 0.29) is 18.4 Å². The Morgan fingerprint density at radius 3 is 2.27 bits per heavy atom. The number of hydrogen-bond donors (Lipinski definition) is 3. The van der Waals surface area contributed by atoms with E-state index < -0.39 is 0 Å². The normalized spacial score (nSPS) is 10.3. The van der Waals surface area contributed by atoms with Crippen molar-refractivity contribution in [1.82, 2.24) is 0 Å². The molecular weight excluding hydrogens is 378 g/mol. The molecule has 2 amide bonds. The smallest absolute Gasteiger partial charge is 0.243 e. The van der Waals surface area contributed by atoms with Crippen LogP contribution in [0.2, 0.25) is 0 Å². The van der Waals surface area contributed by atoms with Crippen molar-refractivity contribution >= 4 is 28.9 Å². The Morgan fingerprint density at radius 2 is 1.53 bits per heavy atom. The lowest BCUT2D eigenvalue weighted by atomic mass is 10.2. The Kier molecular flexibility index (Phi) is 10.3. The van der Waals surface area contributed by atoms with Gasteiger partial charge in [0, 0.05) is 17.8 Å². The lowest BCUT2D eigenvalue weighted by Gasteiger charge is -2.13. The number of unbranched alkanes of at least 4 members (excludes halogenated alkanes) is 3. The zero-order valence-electron chi connectivity index (χ0n) is 18.0. The summed E-state index contributed by atoms with van der Waals surface area (Å²) < 4.78 is 5.78. The first-order valence-corrected chi connectivity index (χ1v) is 10.8. The molecule has 0 saturated heterocycles. The quantitative estimate of drug-likeness (QED) is 0.384. The van der Waals surface area contributed by atoms with E-state index in [1.54, 1.807) is 12.1 Å². The van der Waals surface area contributed by atoms with Crippen LogP contribution in [0.3, 0.4) is 0 Å². The van der Waals surface area contributed by atoms with E-state index in [9.17, 15) is 9.59 Å². The molecule has 2 aromatic carbocycles. The third-order valence-corrected chi connectivity index (χ3v) is 4.52. The van der Waals surface area contributed by atoms with E-state index in [0.717, 1.165) is 43.5 Å². The van der Waals surface area contributed by atoms with E-state index in [0.29, 0.717) is 24.4 Å². The van der Waals surface area contributed by atoms with Crippen molar-refractivity contribution in [1.29, 1.82) is 0 Å². The molecule has 0 aliphatic carbocycles. The van der Waals surface area contributed by atoms with Crippen LogP contribution < -0.4 is 20.7 Å². The number of para-hydroxylation sites is 2. The minimum Gasteiger partial charge on any atom is -0.491 e. The summed E-state index contributed by atoms with van der Waals surface area (Å²) in [4.78, 5) is 24.3. The highest BCUT2D eigenvalue weighted by atomic mass is 16.5. The van der Waals surface area contributed by atoms with E-state index in [4.69, 9.17) is 4.74 Å². The number of ether oxygens (including phenoxy) is 1. The molecule has 30 heavy (non-hydrogen) atoms. The number of rotatable bonds is 13. The molecule has 0 spiro atoms. The highest BCUT2D eigenvalue weighted by molar-refractivity contribution is 5.95. The molecular formula is C24H33N3O3. The first kappa shape index (κ1) is 23.3. The van der Waals surface area contributed by atoms with Crippen LogP contribution in [0.4, 0.5) is 17.1 Å². The largest absolute Gasteiger partial charge is 0.491 e. The molecule has 2 rings (SSSR count). The van der Waals surface area contributed by atoms with Crippen LogP contribution in [0.5, 0.6) is 5.75 Å². The number of carbonyl (C=O) groups is 2. The molecule has 6 nitrogen and oxygen atoms in total. The van der Waals surface area contributed by atoms with Crippen LogP contribution >= 0.6 is 0 Å². The molecule has 162 valence electrons. The zero-order valence-corrected chi connectivity index (χ0v) is 18.0. The van der Waals surface area contributed by atoms with Gasteiger partial charge in [0.1, 0.15) is 5.75 Å². The highest BCUT2D eigenvalue weighted by Crippen LogP contribution is 2.24. The van der Waals surface area contributed by atoms with Gasteiger partial charge in [0.2, 0.25) is 11.8 Å². The minimum atomic E-state index is -0.176. The maximum atomic E-state index is 12.4. The van der Waals surface area contributed by atoms with Gasteiger partial charge in [-0.1, -0.05) is 51.3 Å². The van der Waals surface area contributed by atoms with E-state index in [1.807, 2.05) is 36.4 Å². The molecule has 3 N–H and O–H groups in total. The number of nitrogens with one attached hydrogen (secondary N) is 3. The predicted octanol–water partition coefficient (Wildman–Crippen LogP) is 5.43. The molecule has 0 unspecified atom stereocenters. The zero-order chi connectivity index (χ0) is 21.6. The third-order valence-electron chi connectivity index (χ3n) is 4.52. The number of anilines is 3. The van der Waals surface area contributed by atoms with Gasteiger partial charge in [0.25, 0.3) is 0 Å². The second-order valence-electron chi connectivity index (χ2n) is 7.19. The summed E-state index contributed by atoms with van der Waals surface area (Å²) in [6.45, 7) is 4.99. The van der Waals surface area contributed by atoms with Gasteiger partial charge in [-0.25, -0.2) is 0 Å². The molecule has 0 aliphatic rings. The van der Waals surface area contributed by atoms with Crippen LogP contribution in [0.25, 0.3) is 0 Å². The second kappa shape index (κ2) is 13.2. The van der Waals surface area contributed by atoms with Gasteiger partial charge < -0.3 is 20.7 Å². The van der Waals surface area contributed by atoms with Crippen molar-refractivity contribution in [3.63, 3.8) is 0 Å². The van der Waals surface area contributed by atoms with E-state index in [1.165, 1.54) is 0 Å². The molecule has 0 heterocycles. The molecule has 0 bridgehead atoms. The lowest BCUT2D eigenvalue weighted by molar-refractivity contribution is -0.116. The van der Waals surface area contributed by atoms with Crippen LogP contribution in [0.15, 0.2) is 48.5 Å². The second-order valence-corrected chi connectivity index (χ2v) is 7.19. The highest BCUT2D eigenvalue weighted by Gasteiger charge is 2.08. The number of carbonyl (C=O) groups excluding carboxylic acids is 2. The fraction of sp³-hybridized carbons (Fsp3) is 0.417. The van der Waals surface area contributed by atoms with Gasteiger partial charge in [0.15, 0.2) is 0 Å². The average molecular weight is 412 g/mol. The summed E-state index contributed by atoms with van der Waals surface area (Å²) in [6.07, 6.45) is 5.57. The molecule has 0 saturated carbocycles. The molecule has 0 aromatic heterocycles. The Bertz CT molecular complexity index is 808. The van der Waals surface area contributed by atoms with Crippen molar-refractivity contribution in [2.75, 3.05) is 29.1 Å². The fourth-order valence-electron chi connectivity index (χ4n) is 2.88. The van der Waals surface area contributed by atoms with Crippen LogP contribution in [-0.4, -0.2) is 25.0 Å². The van der Waals surface area contributed by atoms with Gasteiger partial charge in [0.05, 0.1) is 18.8 Å². The topological polar surface area (TPSA) is 79.5 Å². The third kappa shape index (κ3) is 8.55. The summed E-state index contributed by atoms with van der Waals surface area (Å²) in [6, 6.07) is 14.8. The minimum absolute atomic E-state index is 0.00623. The Balaban J connectivity index is 1.85. The summed E-state index contributed by atoms with van der Waals surface area (Å²) in [5.41, 5.74) is 2.11. The van der Waals surface area contributed by atoms with E-state index >= 15 is 0 Å². The SMILES string of the molecule is CCCCCC(=O)Nc1cccc(NC(=O)CNc2ccccc2OCCCC)c1. The van der Waals surface area contributed by atoms with Gasteiger partial charge in [-0.3, -0.25) is 9.59 Å². The van der Waals surface area contributed by atoms with Crippen molar-refractivity contribution in [2.24, 2.45) is 0 Å². The van der Waals surface area contributed by atoms with Crippen LogP contribution in [-0.2, 0) is 9.59 Å². The summed E-state index contributed by atoms with van der Waals surface area (Å²) in [5, 5.41) is 8.87. The van der Waals surface area contributed by atoms with Gasteiger partial charge in [-0.2, -0.15) is 0 Å². The first-order chi connectivity index (χ1) is 14.6. The number of benzene rings is 2. The molecule has 0 atom stereocenters. The number of hydrogen-bond acceptors (Lipinski definition) is 4. The standard InChI is InChI=1S/C24H33N3O3/c1-3-5-7-15-23(28)26-19-11-10-12-20(17-19)27-24(29)18-25-21-13-8-9-14-22(21)30-16-6-4-2/h8-14,17,25H,3-7,15-16,18H2,1-2H3,(H,26,28)(H,27,29). The predicted molar refractivity (Wildman–Crippen MR) is 123 cm³/mol. The summed E-state index contributed by atoms with van der Waals surface area (Å²) in [5.74, 6) is 0.560. The number of amides is 2. The van der Waals surface area contributed by atoms with E-state index in [2.05, 4.69) is 29.8 Å². The average Bonchev–Trinajstić information content (AvgIpc) is 2.73. The maximum absolute atomic E-state index is 12.4. The molecule has 0 radical (unpaired) electrons. The van der Waals surface area contributed by atoms with Gasteiger partial charge >= 0.3 is 0 Å². The Hall–Kier alpha value is -3.02. The van der Waals surface area contributed by atoms with Crippen molar-refractivity contribution in [3.05, 3.63) is 48.5 Å². The molecule has 0 fully saturated rings. The molecule has 2 aromatic rings. The monoisotopic (exact) mass is 411 g/mol. The van der Waals surface area contributed by atoms with Crippen molar-refractivity contribution < 1.29 is 14.3 Å². The Morgan fingerprint density at radius 1 is 0.833 bits per heavy atom. The van der Waals surface area contributed by atoms with Crippen molar-refractivity contribution in [2.45, 2.75) is 52.4 Å². The first-order valence-electron chi connectivity index (χ1n) is 10.8. The van der Waals surface area contributed by atoms with Crippen LogP contribution in [0, 0.1) is 0 Å². The summed E-state index contributed by atoms with van der Waals surface area (Å²) >= 11 is 0. The Labute approximate surface area is 179 Å². The maximum Gasteiger partial charge on any atom is 0.243 e. The van der Waals surface area contributed by atoms with Gasteiger partial charge in [-0.05, 0) is 43.2 Å². The van der Waals surface area contributed by atoms with Gasteiger partial charge in [-0.15, -0.1) is 0 Å². The summed E-state index contributed by atoms with van der Waals surface area (Å²) in [7, 11) is 0.